The molecule has 4 aliphatic heterocycles. The Hall–Kier alpha value is -2.49. The Morgan fingerprint density at radius 3 is 2.69 bits per heavy atom. The molecule has 6 rings (SSSR count). The van der Waals surface area contributed by atoms with Gasteiger partial charge in [0, 0.05) is 81.9 Å². The number of aliphatic hydroxyl groups is 2. The van der Waals surface area contributed by atoms with E-state index in [1.54, 1.807) is 0 Å². The number of carbonyl (C=O) groups excluding carboxylic acids is 1. The van der Waals surface area contributed by atoms with Crippen LogP contribution < -0.4 is 10.2 Å². The number of hydrogen-bond donors (Lipinski definition) is 3. The van der Waals surface area contributed by atoms with Crippen LogP contribution in [0.1, 0.15) is 59.5 Å². The Morgan fingerprint density at radius 2 is 1.90 bits per heavy atom. The molecule has 2 aromatic rings. The van der Waals surface area contributed by atoms with Crippen LogP contribution in [0.3, 0.4) is 0 Å². The zero-order valence-corrected chi connectivity index (χ0v) is 23.0. The lowest BCUT2D eigenvalue weighted by atomic mass is 9.80. The number of likely N-dealkylation sites (N-methyl/N-ethyl adjacent to an activating group) is 1. The SMILES string of the molecule is CCN1CCN(C[C@@H](O)[C@@H]2Cc3ccccc3CN2)C(O)c2ccc(C(=O)N3CCC4(CCOCC4)C3)cc21. The third-order valence-electron chi connectivity index (χ3n) is 9.56. The molecule has 8 nitrogen and oxygen atoms in total. The molecule has 0 aromatic heterocycles. The number of benzene rings is 2. The highest BCUT2D eigenvalue weighted by atomic mass is 16.5. The predicted octanol–water partition coefficient (Wildman–Crippen LogP) is 2.54. The average molecular weight is 535 g/mol. The smallest absolute Gasteiger partial charge is 0.253 e. The second-order valence-electron chi connectivity index (χ2n) is 11.8. The Morgan fingerprint density at radius 1 is 1.10 bits per heavy atom. The molecule has 1 unspecified atom stereocenters. The first-order chi connectivity index (χ1) is 19.0. The van der Waals surface area contributed by atoms with Gasteiger partial charge < -0.3 is 30.1 Å². The lowest BCUT2D eigenvalue weighted by Crippen LogP contribution is -2.50. The highest BCUT2D eigenvalue weighted by Crippen LogP contribution is 2.40. The van der Waals surface area contributed by atoms with Crippen molar-refractivity contribution in [2.75, 3.05) is 57.4 Å². The topological polar surface area (TPSA) is 88.5 Å². The van der Waals surface area contributed by atoms with Gasteiger partial charge in [-0.05, 0) is 61.3 Å². The van der Waals surface area contributed by atoms with Crippen LogP contribution in [-0.2, 0) is 17.7 Å². The monoisotopic (exact) mass is 534 g/mol. The molecule has 1 spiro atoms. The Kier molecular flexibility index (Phi) is 7.66. The van der Waals surface area contributed by atoms with Crippen LogP contribution >= 0.6 is 0 Å². The predicted molar refractivity (Wildman–Crippen MR) is 151 cm³/mol. The molecule has 2 fully saturated rings. The number of ether oxygens (including phenoxy) is 1. The van der Waals surface area contributed by atoms with Gasteiger partial charge in [-0.2, -0.15) is 0 Å². The third-order valence-corrected chi connectivity index (χ3v) is 9.56. The summed E-state index contributed by atoms with van der Waals surface area (Å²) < 4.78 is 5.57. The molecule has 0 saturated carbocycles. The van der Waals surface area contributed by atoms with Crippen molar-refractivity contribution < 1.29 is 19.7 Å². The third kappa shape index (κ3) is 5.33. The van der Waals surface area contributed by atoms with E-state index in [2.05, 4.69) is 35.3 Å². The maximum absolute atomic E-state index is 13.6. The van der Waals surface area contributed by atoms with Crippen molar-refractivity contribution in [1.82, 2.24) is 15.1 Å². The fourth-order valence-corrected chi connectivity index (χ4v) is 7.00. The summed E-state index contributed by atoms with van der Waals surface area (Å²) in [6.45, 7) is 8.53. The summed E-state index contributed by atoms with van der Waals surface area (Å²) in [5.74, 6) is 0.0758. The van der Waals surface area contributed by atoms with Crippen molar-refractivity contribution in [2.24, 2.45) is 5.41 Å². The molecule has 1 amide bonds. The van der Waals surface area contributed by atoms with Crippen molar-refractivity contribution in [3.8, 4) is 0 Å². The molecular weight excluding hydrogens is 492 g/mol. The summed E-state index contributed by atoms with van der Waals surface area (Å²) in [5.41, 5.74) is 5.16. The molecule has 4 heterocycles. The highest BCUT2D eigenvalue weighted by Gasteiger charge is 2.41. The number of nitrogens with one attached hydrogen (secondary N) is 1. The van der Waals surface area contributed by atoms with E-state index in [1.807, 2.05) is 34.1 Å². The zero-order valence-electron chi connectivity index (χ0n) is 23.0. The van der Waals surface area contributed by atoms with Crippen LogP contribution in [-0.4, -0.2) is 90.5 Å². The molecule has 2 saturated heterocycles. The minimum atomic E-state index is -0.844. The van der Waals surface area contributed by atoms with Crippen molar-refractivity contribution in [3.05, 3.63) is 64.7 Å². The number of β-amino-alcohol motifs (C(OH)–C–C–N with tert-alkyl or cyclic N) is 1. The van der Waals surface area contributed by atoms with Crippen LogP contribution in [0.5, 0.6) is 0 Å². The minimum absolute atomic E-state index is 0.0587. The van der Waals surface area contributed by atoms with Gasteiger partial charge in [0.15, 0.2) is 0 Å². The number of carbonyl (C=O) groups is 1. The minimum Gasteiger partial charge on any atom is -0.390 e. The Labute approximate surface area is 231 Å². The number of anilines is 1. The van der Waals surface area contributed by atoms with Gasteiger partial charge in [-0.25, -0.2) is 0 Å². The van der Waals surface area contributed by atoms with Gasteiger partial charge in [0.25, 0.3) is 5.91 Å². The summed E-state index contributed by atoms with van der Waals surface area (Å²) >= 11 is 0. The first-order valence-electron chi connectivity index (χ1n) is 14.6. The van der Waals surface area contributed by atoms with E-state index in [0.29, 0.717) is 18.7 Å². The second-order valence-corrected chi connectivity index (χ2v) is 11.8. The van der Waals surface area contributed by atoms with Crippen LogP contribution in [0.25, 0.3) is 0 Å². The molecule has 2 aromatic carbocycles. The Balaban J connectivity index is 1.16. The molecule has 39 heavy (non-hydrogen) atoms. The molecular formula is C31H42N4O4. The van der Waals surface area contributed by atoms with Gasteiger partial charge in [-0.1, -0.05) is 30.3 Å². The number of rotatable bonds is 5. The summed E-state index contributed by atoms with van der Waals surface area (Å²) in [7, 11) is 0. The molecule has 3 atom stereocenters. The van der Waals surface area contributed by atoms with Crippen LogP contribution in [0.2, 0.25) is 0 Å². The van der Waals surface area contributed by atoms with Gasteiger partial charge in [0.1, 0.15) is 6.23 Å². The first kappa shape index (κ1) is 26.7. The van der Waals surface area contributed by atoms with E-state index in [-0.39, 0.29) is 17.4 Å². The quantitative estimate of drug-likeness (QED) is 0.543. The van der Waals surface area contributed by atoms with Crippen LogP contribution in [0.15, 0.2) is 42.5 Å². The van der Waals surface area contributed by atoms with E-state index in [4.69, 9.17) is 4.74 Å². The molecule has 4 aliphatic rings. The highest BCUT2D eigenvalue weighted by molar-refractivity contribution is 5.95. The number of nitrogens with zero attached hydrogens (tertiary/aromatic N) is 3. The van der Waals surface area contributed by atoms with Crippen molar-refractivity contribution in [3.63, 3.8) is 0 Å². The van der Waals surface area contributed by atoms with Crippen molar-refractivity contribution >= 4 is 11.6 Å². The van der Waals surface area contributed by atoms with Gasteiger partial charge in [-0.3, -0.25) is 9.69 Å². The van der Waals surface area contributed by atoms with Crippen LogP contribution in [0.4, 0.5) is 5.69 Å². The summed E-state index contributed by atoms with van der Waals surface area (Å²) in [6, 6.07) is 14.1. The van der Waals surface area contributed by atoms with Gasteiger partial charge in [-0.15, -0.1) is 0 Å². The standard InChI is InChI=1S/C31H42N4O4/c1-2-33-13-14-34(20-28(36)26-17-22-5-3-4-6-24(22)19-32-26)30(38)25-8-7-23(18-27(25)33)29(37)35-12-9-31(21-35)10-15-39-16-11-31/h3-8,18,26,28,30,32,36,38H,2,9-17,19-21H2,1H3/t26-,28+,30?/m0/s1. The zero-order chi connectivity index (χ0) is 27.0. The molecule has 0 bridgehead atoms. The van der Waals surface area contributed by atoms with E-state index in [9.17, 15) is 15.0 Å². The van der Waals surface area contributed by atoms with E-state index in [1.165, 1.54) is 11.1 Å². The van der Waals surface area contributed by atoms with E-state index >= 15 is 0 Å². The molecule has 8 heteroatoms. The van der Waals surface area contributed by atoms with Crippen molar-refractivity contribution in [1.29, 1.82) is 0 Å². The number of amides is 1. The van der Waals surface area contributed by atoms with E-state index in [0.717, 1.165) is 82.9 Å². The fourth-order valence-electron chi connectivity index (χ4n) is 7.00. The first-order valence-corrected chi connectivity index (χ1v) is 14.6. The summed E-state index contributed by atoms with van der Waals surface area (Å²) in [4.78, 5) is 19.8. The van der Waals surface area contributed by atoms with Gasteiger partial charge in [0.2, 0.25) is 0 Å². The van der Waals surface area contributed by atoms with Crippen LogP contribution in [0, 0.1) is 5.41 Å². The largest absolute Gasteiger partial charge is 0.390 e. The maximum Gasteiger partial charge on any atom is 0.253 e. The molecule has 0 aliphatic carbocycles. The van der Waals surface area contributed by atoms with Gasteiger partial charge in [0.05, 0.1) is 6.10 Å². The number of likely N-dealkylation sites (tertiary alicyclic amines) is 1. The number of aliphatic hydroxyl groups excluding tert-OH is 2. The Bertz CT molecular complexity index is 1180. The average Bonchev–Trinajstić information content (AvgIpc) is 3.32. The lowest BCUT2D eigenvalue weighted by Gasteiger charge is -2.34. The summed E-state index contributed by atoms with van der Waals surface area (Å²) in [5, 5.41) is 26.2. The summed E-state index contributed by atoms with van der Waals surface area (Å²) in [6.07, 6.45) is 2.42. The molecule has 0 radical (unpaired) electrons. The molecule has 3 N–H and O–H groups in total. The second kappa shape index (κ2) is 11.2. The fraction of sp³-hybridized carbons (Fsp3) is 0.581. The van der Waals surface area contributed by atoms with Gasteiger partial charge >= 0.3 is 0 Å². The van der Waals surface area contributed by atoms with E-state index < -0.39 is 12.3 Å². The number of hydrogen-bond acceptors (Lipinski definition) is 7. The number of fused-ring (bicyclic) bond motifs is 2. The van der Waals surface area contributed by atoms with Crippen molar-refractivity contribution in [2.45, 2.75) is 57.5 Å². The molecule has 210 valence electrons. The maximum atomic E-state index is 13.6. The normalized spacial score (nSPS) is 25.7. The lowest BCUT2D eigenvalue weighted by molar-refractivity contribution is -0.0283.